The van der Waals surface area contributed by atoms with Crippen molar-refractivity contribution < 1.29 is 33.4 Å². The lowest BCUT2D eigenvalue weighted by atomic mass is 10.1. The number of ketones is 1. The molecule has 0 saturated heterocycles. The summed E-state index contributed by atoms with van der Waals surface area (Å²) < 4.78 is 15.0. The van der Waals surface area contributed by atoms with E-state index in [9.17, 15) is 19.2 Å². The van der Waals surface area contributed by atoms with Crippen molar-refractivity contribution in [3.05, 3.63) is 59.7 Å². The van der Waals surface area contributed by atoms with Crippen molar-refractivity contribution in [1.82, 2.24) is 0 Å². The lowest BCUT2D eigenvalue weighted by Gasteiger charge is -2.10. The summed E-state index contributed by atoms with van der Waals surface area (Å²) in [5, 5.41) is 2.50. The maximum Gasteiger partial charge on any atom is 0.339 e. The minimum absolute atomic E-state index is 0.0409. The molecule has 0 aliphatic rings. The Bertz CT molecular complexity index is 922. The minimum atomic E-state index is -0.673. The van der Waals surface area contributed by atoms with Crippen LogP contribution in [-0.4, -0.2) is 44.0 Å². The van der Waals surface area contributed by atoms with Crippen LogP contribution < -0.4 is 10.1 Å². The molecule has 0 aromatic heterocycles. The molecule has 0 saturated carbocycles. The molecule has 0 bridgehead atoms. The summed E-state index contributed by atoms with van der Waals surface area (Å²) in [6, 6.07) is 13.0. The minimum Gasteiger partial charge on any atom is -0.494 e. The molecule has 0 fully saturated rings. The zero-order chi connectivity index (χ0) is 22.6. The average molecular weight is 427 g/mol. The second kappa shape index (κ2) is 12.1. The first-order valence-electron chi connectivity index (χ1n) is 9.83. The van der Waals surface area contributed by atoms with Gasteiger partial charge in [0.15, 0.2) is 12.4 Å². The normalized spacial score (nSPS) is 10.1. The molecule has 1 amide bonds. The topological polar surface area (TPSA) is 108 Å². The van der Waals surface area contributed by atoms with Crippen molar-refractivity contribution in [2.24, 2.45) is 0 Å². The fraction of sp³-hybridized carbons (Fsp3) is 0.304. The number of nitrogens with one attached hydrogen (secondary N) is 1. The van der Waals surface area contributed by atoms with Gasteiger partial charge in [-0.05, 0) is 42.8 Å². The van der Waals surface area contributed by atoms with Gasteiger partial charge >= 0.3 is 11.9 Å². The maximum atomic E-state index is 12.2. The van der Waals surface area contributed by atoms with E-state index in [-0.39, 0.29) is 29.9 Å². The molecular formula is C23H25NO7. The second-order valence-corrected chi connectivity index (χ2v) is 6.54. The summed E-state index contributed by atoms with van der Waals surface area (Å²) in [5.41, 5.74) is 0.895. The van der Waals surface area contributed by atoms with Crippen LogP contribution in [0.5, 0.6) is 5.75 Å². The molecule has 1 N–H and O–H groups in total. The van der Waals surface area contributed by atoms with E-state index < -0.39 is 24.5 Å². The molecule has 0 aliphatic carbocycles. The Morgan fingerprint density at radius 3 is 2.32 bits per heavy atom. The summed E-state index contributed by atoms with van der Waals surface area (Å²) in [7, 11) is 1.23. The Kier molecular flexibility index (Phi) is 9.22. The predicted molar refractivity (Wildman–Crippen MR) is 113 cm³/mol. The summed E-state index contributed by atoms with van der Waals surface area (Å²) in [4.78, 5) is 47.8. The molecule has 164 valence electrons. The lowest BCUT2D eigenvalue weighted by Crippen LogP contribution is -2.22. The molecular weight excluding hydrogens is 402 g/mol. The predicted octanol–water partition coefficient (Wildman–Crippen LogP) is 3.41. The van der Waals surface area contributed by atoms with Gasteiger partial charge in [-0.2, -0.15) is 0 Å². The summed E-state index contributed by atoms with van der Waals surface area (Å²) >= 11 is 0. The highest BCUT2D eigenvalue weighted by Gasteiger charge is 2.15. The number of Topliss-reactive ketones (excluding diaryl/α,β-unsaturated/α-hetero) is 1. The number of esters is 2. The summed E-state index contributed by atoms with van der Waals surface area (Å²) in [6.07, 6.45) is 0.693. The number of hydrogen-bond donors (Lipinski definition) is 1. The molecule has 31 heavy (non-hydrogen) atoms. The number of ether oxygens (including phenoxy) is 3. The molecule has 2 rings (SSSR count). The van der Waals surface area contributed by atoms with Crippen molar-refractivity contribution in [2.75, 3.05) is 25.6 Å². The van der Waals surface area contributed by atoms with E-state index in [0.717, 1.165) is 6.42 Å². The van der Waals surface area contributed by atoms with E-state index in [1.54, 1.807) is 36.4 Å². The number of rotatable bonds is 11. The third kappa shape index (κ3) is 7.58. The van der Waals surface area contributed by atoms with E-state index in [2.05, 4.69) is 10.1 Å². The number of carbonyl (C=O) groups is 4. The zero-order valence-corrected chi connectivity index (χ0v) is 17.5. The third-order valence-corrected chi connectivity index (χ3v) is 4.18. The summed E-state index contributed by atoms with van der Waals surface area (Å²) in [5.74, 6) is -1.42. The van der Waals surface area contributed by atoms with Crippen molar-refractivity contribution in [2.45, 2.75) is 26.2 Å². The van der Waals surface area contributed by atoms with Crippen LogP contribution in [0.1, 0.15) is 46.9 Å². The Morgan fingerprint density at radius 1 is 0.935 bits per heavy atom. The Labute approximate surface area is 180 Å². The molecule has 0 heterocycles. The quantitative estimate of drug-likeness (QED) is 0.432. The van der Waals surface area contributed by atoms with Crippen LogP contribution in [0.3, 0.4) is 0 Å². The van der Waals surface area contributed by atoms with Gasteiger partial charge in [-0.1, -0.05) is 19.1 Å². The van der Waals surface area contributed by atoms with Gasteiger partial charge in [0, 0.05) is 12.0 Å². The number of carbonyl (C=O) groups excluding carboxylic acids is 4. The first-order chi connectivity index (χ1) is 14.9. The van der Waals surface area contributed by atoms with Crippen molar-refractivity contribution in [3.63, 3.8) is 0 Å². The fourth-order valence-electron chi connectivity index (χ4n) is 2.60. The third-order valence-electron chi connectivity index (χ3n) is 4.18. The van der Waals surface area contributed by atoms with Gasteiger partial charge in [-0.25, -0.2) is 4.79 Å². The standard InChI is InChI=1S/C23H25NO7/c1-3-14-30-17-10-8-16(9-11-17)20(25)12-13-22(27)31-15-21(26)24-19-7-5-4-6-18(19)23(28)29-2/h4-11H,3,12-15H2,1-2H3,(H,24,26). The van der Waals surface area contributed by atoms with E-state index in [1.807, 2.05) is 6.92 Å². The highest BCUT2D eigenvalue weighted by molar-refractivity contribution is 6.02. The maximum absolute atomic E-state index is 12.2. The largest absolute Gasteiger partial charge is 0.494 e. The highest BCUT2D eigenvalue weighted by atomic mass is 16.5. The molecule has 2 aromatic rings. The molecule has 0 unspecified atom stereocenters. The first kappa shape index (κ1) is 23.6. The number of para-hydroxylation sites is 1. The lowest BCUT2D eigenvalue weighted by molar-refractivity contribution is -0.147. The van der Waals surface area contributed by atoms with E-state index in [4.69, 9.17) is 9.47 Å². The van der Waals surface area contributed by atoms with Crippen LogP contribution >= 0.6 is 0 Å². The SMILES string of the molecule is CCCOc1ccc(C(=O)CCC(=O)OCC(=O)Nc2ccccc2C(=O)OC)cc1. The van der Waals surface area contributed by atoms with Crippen LogP contribution in [-0.2, 0) is 19.1 Å². The Morgan fingerprint density at radius 2 is 1.65 bits per heavy atom. The Hall–Kier alpha value is -3.68. The number of benzene rings is 2. The Balaban J connectivity index is 1.77. The summed E-state index contributed by atoms with van der Waals surface area (Å²) in [6.45, 7) is 2.06. The average Bonchev–Trinajstić information content (AvgIpc) is 2.80. The molecule has 8 heteroatoms. The van der Waals surface area contributed by atoms with Crippen LogP contribution in [0.2, 0.25) is 0 Å². The molecule has 0 aliphatic heterocycles. The van der Waals surface area contributed by atoms with E-state index in [0.29, 0.717) is 17.9 Å². The van der Waals surface area contributed by atoms with Gasteiger partial charge in [-0.15, -0.1) is 0 Å². The van der Waals surface area contributed by atoms with Crippen LogP contribution in [0.15, 0.2) is 48.5 Å². The van der Waals surface area contributed by atoms with Gasteiger partial charge in [0.25, 0.3) is 5.91 Å². The zero-order valence-electron chi connectivity index (χ0n) is 17.5. The number of anilines is 1. The second-order valence-electron chi connectivity index (χ2n) is 6.54. The smallest absolute Gasteiger partial charge is 0.339 e. The van der Waals surface area contributed by atoms with E-state index >= 15 is 0 Å². The fourth-order valence-corrected chi connectivity index (χ4v) is 2.60. The van der Waals surface area contributed by atoms with Gasteiger partial charge in [0.1, 0.15) is 5.75 Å². The first-order valence-corrected chi connectivity index (χ1v) is 9.83. The van der Waals surface area contributed by atoms with Gasteiger partial charge in [0.2, 0.25) is 0 Å². The van der Waals surface area contributed by atoms with E-state index in [1.165, 1.54) is 19.2 Å². The van der Waals surface area contributed by atoms with Gasteiger partial charge < -0.3 is 19.5 Å². The van der Waals surface area contributed by atoms with Gasteiger partial charge in [-0.3, -0.25) is 14.4 Å². The number of methoxy groups -OCH3 is 1. The molecule has 0 radical (unpaired) electrons. The van der Waals surface area contributed by atoms with Crippen LogP contribution in [0.4, 0.5) is 5.69 Å². The highest BCUT2D eigenvalue weighted by Crippen LogP contribution is 2.16. The molecule has 0 atom stereocenters. The van der Waals surface area contributed by atoms with Crippen LogP contribution in [0, 0.1) is 0 Å². The molecule has 0 spiro atoms. The van der Waals surface area contributed by atoms with Gasteiger partial charge in [0.05, 0.1) is 31.4 Å². The number of amides is 1. The molecule has 8 nitrogen and oxygen atoms in total. The monoisotopic (exact) mass is 427 g/mol. The van der Waals surface area contributed by atoms with Crippen LogP contribution in [0.25, 0.3) is 0 Å². The van der Waals surface area contributed by atoms with Crippen molar-refractivity contribution >= 4 is 29.3 Å². The number of hydrogen-bond acceptors (Lipinski definition) is 7. The van der Waals surface area contributed by atoms with Crippen molar-refractivity contribution in [1.29, 1.82) is 0 Å². The van der Waals surface area contributed by atoms with Crippen molar-refractivity contribution in [3.8, 4) is 5.75 Å². The molecule has 2 aromatic carbocycles.